The number of rotatable bonds is 5. The number of carbonyl (C=O) groups excluding carboxylic acids is 2. The summed E-state index contributed by atoms with van der Waals surface area (Å²) in [5.74, 6) is -2.59. The number of fused-ring (bicyclic) bond motifs is 1. The summed E-state index contributed by atoms with van der Waals surface area (Å²) in [5.41, 5.74) is 0. The summed E-state index contributed by atoms with van der Waals surface area (Å²) < 4.78 is 1.15. The number of amides is 2. The Labute approximate surface area is 149 Å². The fraction of sp³-hybridized carbons (Fsp3) is 0.389. The maximum Gasteiger partial charge on any atom is 0.323 e. The Bertz CT molecular complexity index is 783. The Morgan fingerprint density at radius 1 is 1.40 bits per heavy atom. The smallest absolute Gasteiger partial charge is 0.323 e. The van der Waals surface area contributed by atoms with Crippen LogP contribution in [-0.2, 0) is 14.4 Å². The van der Waals surface area contributed by atoms with Gasteiger partial charge in [0.15, 0.2) is 0 Å². The van der Waals surface area contributed by atoms with Crippen molar-refractivity contribution in [1.82, 2.24) is 10.2 Å². The van der Waals surface area contributed by atoms with Gasteiger partial charge < -0.3 is 15.3 Å². The molecule has 0 spiro atoms. The van der Waals surface area contributed by atoms with Gasteiger partial charge in [-0.15, -0.1) is 11.3 Å². The van der Waals surface area contributed by atoms with Gasteiger partial charge in [0.2, 0.25) is 11.8 Å². The van der Waals surface area contributed by atoms with Crippen molar-refractivity contribution in [3.63, 3.8) is 0 Å². The second-order valence-electron chi connectivity index (χ2n) is 6.27. The van der Waals surface area contributed by atoms with Gasteiger partial charge in [-0.1, -0.05) is 18.2 Å². The van der Waals surface area contributed by atoms with E-state index in [9.17, 15) is 14.4 Å². The van der Waals surface area contributed by atoms with E-state index < -0.39 is 17.8 Å². The molecule has 7 heteroatoms. The van der Waals surface area contributed by atoms with E-state index >= 15 is 0 Å². The molecule has 3 rings (SSSR count). The SMILES string of the molecule is CC(NC(=O)C1CCCN(CC(=O)O)C1=O)c1cc2ccccc2s1. The molecule has 25 heavy (non-hydrogen) atoms. The van der Waals surface area contributed by atoms with Crippen molar-refractivity contribution in [1.29, 1.82) is 0 Å². The molecule has 2 aromatic rings. The van der Waals surface area contributed by atoms with Gasteiger partial charge in [0, 0.05) is 16.1 Å². The number of nitrogens with one attached hydrogen (secondary N) is 1. The Balaban J connectivity index is 1.68. The first kappa shape index (κ1) is 17.4. The largest absolute Gasteiger partial charge is 0.480 e. The molecule has 1 aromatic carbocycles. The molecule has 1 saturated heterocycles. The molecule has 2 unspecified atom stereocenters. The number of thiophene rings is 1. The Morgan fingerprint density at radius 2 is 2.16 bits per heavy atom. The second kappa shape index (κ2) is 7.23. The molecule has 0 bridgehead atoms. The molecule has 1 aromatic heterocycles. The van der Waals surface area contributed by atoms with E-state index in [1.807, 2.05) is 37.3 Å². The van der Waals surface area contributed by atoms with Gasteiger partial charge in [0.1, 0.15) is 12.5 Å². The molecular weight excluding hydrogens is 340 g/mol. The lowest BCUT2D eigenvalue weighted by atomic mass is 9.95. The van der Waals surface area contributed by atoms with Gasteiger partial charge in [0.25, 0.3) is 0 Å². The number of likely N-dealkylation sites (tertiary alicyclic amines) is 1. The number of hydrogen-bond acceptors (Lipinski definition) is 4. The predicted molar refractivity (Wildman–Crippen MR) is 95.3 cm³/mol. The number of carboxylic acid groups (broad SMARTS) is 1. The van der Waals surface area contributed by atoms with Crippen LogP contribution in [0.2, 0.25) is 0 Å². The Hall–Kier alpha value is -2.41. The highest BCUT2D eigenvalue weighted by Crippen LogP contribution is 2.30. The quantitative estimate of drug-likeness (QED) is 0.802. The molecule has 6 nitrogen and oxygen atoms in total. The van der Waals surface area contributed by atoms with Crippen molar-refractivity contribution < 1.29 is 19.5 Å². The molecule has 0 saturated carbocycles. The van der Waals surface area contributed by atoms with Gasteiger partial charge in [-0.2, -0.15) is 0 Å². The molecule has 2 N–H and O–H groups in total. The van der Waals surface area contributed by atoms with Crippen molar-refractivity contribution in [3.8, 4) is 0 Å². The first-order valence-corrected chi connectivity index (χ1v) is 9.07. The van der Waals surface area contributed by atoms with Crippen LogP contribution in [0.5, 0.6) is 0 Å². The van der Waals surface area contributed by atoms with Crippen molar-refractivity contribution in [2.24, 2.45) is 5.92 Å². The van der Waals surface area contributed by atoms with E-state index in [-0.39, 0.29) is 18.5 Å². The van der Waals surface area contributed by atoms with Crippen LogP contribution in [-0.4, -0.2) is 40.9 Å². The summed E-state index contributed by atoms with van der Waals surface area (Å²) in [7, 11) is 0. The third-order valence-corrected chi connectivity index (χ3v) is 5.70. The van der Waals surface area contributed by atoms with E-state index in [4.69, 9.17) is 5.11 Å². The third-order valence-electron chi connectivity index (χ3n) is 4.40. The van der Waals surface area contributed by atoms with Crippen LogP contribution in [0.15, 0.2) is 30.3 Å². The van der Waals surface area contributed by atoms with Gasteiger partial charge in [-0.05, 0) is 37.3 Å². The minimum Gasteiger partial charge on any atom is -0.480 e. The van der Waals surface area contributed by atoms with Crippen LogP contribution in [0.3, 0.4) is 0 Å². The number of nitrogens with zero attached hydrogens (tertiary/aromatic N) is 1. The lowest BCUT2D eigenvalue weighted by Gasteiger charge is -2.31. The summed E-state index contributed by atoms with van der Waals surface area (Å²) in [6.45, 7) is 1.93. The van der Waals surface area contributed by atoms with Crippen LogP contribution < -0.4 is 5.32 Å². The number of piperidine rings is 1. The topological polar surface area (TPSA) is 86.7 Å². The first-order valence-electron chi connectivity index (χ1n) is 8.25. The van der Waals surface area contributed by atoms with Crippen molar-refractivity contribution >= 4 is 39.2 Å². The molecule has 132 valence electrons. The van der Waals surface area contributed by atoms with E-state index in [1.165, 1.54) is 4.90 Å². The maximum absolute atomic E-state index is 12.5. The van der Waals surface area contributed by atoms with E-state index in [0.717, 1.165) is 15.0 Å². The zero-order valence-corrected chi connectivity index (χ0v) is 14.7. The molecule has 0 aliphatic carbocycles. The normalized spacial score (nSPS) is 19.0. The van der Waals surface area contributed by atoms with Crippen molar-refractivity contribution in [2.75, 3.05) is 13.1 Å². The van der Waals surface area contributed by atoms with Gasteiger partial charge in [-0.25, -0.2) is 0 Å². The average molecular weight is 360 g/mol. The van der Waals surface area contributed by atoms with Gasteiger partial charge in [0.05, 0.1) is 6.04 Å². The summed E-state index contributed by atoms with van der Waals surface area (Å²) in [4.78, 5) is 38.0. The maximum atomic E-state index is 12.5. The van der Waals surface area contributed by atoms with Crippen molar-refractivity contribution in [2.45, 2.75) is 25.8 Å². The Kier molecular flexibility index (Phi) is 5.03. The second-order valence-corrected chi connectivity index (χ2v) is 7.38. The molecule has 1 aliphatic heterocycles. The zero-order chi connectivity index (χ0) is 18.0. The van der Waals surface area contributed by atoms with Crippen molar-refractivity contribution in [3.05, 3.63) is 35.2 Å². The van der Waals surface area contributed by atoms with E-state index in [0.29, 0.717) is 19.4 Å². The number of carboxylic acids is 1. The lowest BCUT2D eigenvalue weighted by Crippen LogP contribution is -2.49. The first-order chi connectivity index (χ1) is 12.0. The summed E-state index contributed by atoms with van der Waals surface area (Å²) in [5, 5.41) is 12.9. The zero-order valence-electron chi connectivity index (χ0n) is 13.9. The molecule has 2 atom stereocenters. The van der Waals surface area contributed by atoms with Gasteiger partial charge >= 0.3 is 5.97 Å². The number of benzene rings is 1. The third kappa shape index (κ3) is 3.82. The van der Waals surface area contributed by atoms with Crippen LogP contribution >= 0.6 is 11.3 Å². The summed E-state index contributed by atoms with van der Waals surface area (Å²) in [6, 6.07) is 9.85. The van der Waals surface area contributed by atoms with Gasteiger partial charge in [-0.3, -0.25) is 14.4 Å². The number of carbonyl (C=O) groups is 3. The highest BCUT2D eigenvalue weighted by molar-refractivity contribution is 7.19. The monoisotopic (exact) mass is 360 g/mol. The number of aliphatic carboxylic acids is 1. The van der Waals surface area contributed by atoms with Crippen LogP contribution in [0.1, 0.15) is 30.7 Å². The average Bonchev–Trinajstić information content (AvgIpc) is 3.00. The molecule has 2 heterocycles. The van der Waals surface area contributed by atoms with Crippen LogP contribution in [0, 0.1) is 5.92 Å². The minimum absolute atomic E-state index is 0.201. The van der Waals surface area contributed by atoms with Crippen LogP contribution in [0.25, 0.3) is 10.1 Å². The highest BCUT2D eigenvalue weighted by Gasteiger charge is 2.35. The predicted octanol–water partition coefficient (Wildman–Crippen LogP) is 2.40. The van der Waals surface area contributed by atoms with Crippen LogP contribution in [0.4, 0.5) is 0 Å². The minimum atomic E-state index is -1.06. The molecular formula is C18H20N2O4S. The van der Waals surface area contributed by atoms with E-state index in [2.05, 4.69) is 5.32 Å². The standard InChI is InChI=1S/C18H20N2O4S/c1-11(15-9-12-5-2-3-7-14(12)25-15)19-17(23)13-6-4-8-20(18(13)24)10-16(21)22/h2-3,5,7,9,11,13H,4,6,8,10H2,1H3,(H,19,23)(H,21,22). The molecule has 0 radical (unpaired) electrons. The molecule has 1 fully saturated rings. The lowest BCUT2D eigenvalue weighted by molar-refractivity contribution is -0.151. The summed E-state index contributed by atoms with van der Waals surface area (Å²) in [6.07, 6.45) is 1.09. The number of hydrogen-bond donors (Lipinski definition) is 2. The molecule has 1 aliphatic rings. The fourth-order valence-electron chi connectivity index (χ4n) is 3.10. The highest BCUT2D eigenvalue weighted by atomic mass is 32.1. The molecule has 2 amide bonds. The van der Waals surface area contributed by atoms with E-state index in [1.54, 1.807) is 11.3 Å². The summed E-state index contributed by atoms with van der Waals surface area (Å²) >= 11 is 1.62. The Morgan fingerprint density at radius 3 is 2.88 bits per heavy atom. The fourth-order valence-corrected chi connectivity index (χ4v) is 4.17.